The molecule has 0 fully saturated rings. The normalized spacial score (nSPS) is 13.4. The lowest BCUT2D eigenvalue weighted by atomic mass is 10.1. The Hall–Kier alpha value is -9.44. The number of carboxylic acid groups (broad SMARTS) is 1. The molecule has 0 heterocycles. The SMILES string of the molecule is CCCCNc1cc(C(=O)O)cc(S(N)(=O)=O)c1Oc1ccccc1.CCCCNc1cc(C(=O)O[C@@H](C)C(=O)O[C@@H](C)C(=O)O[C@@H](C)C(=O)O[C@@H](C)C(=O)OCC)cc(S(N)(=O)=O)c1Oc1ccccc1.CCOC(=O)[C@H](C)OC(=O)[C@H](C)OC(=O)[C@H](C)OC(=O)[C@H](C)O. The van der Waals surface area contributed by atoms with Gasteiger partial charge in [0.1, 0.15) is 27.4 Å². The van der Waals surface area contributed by atoms with E-state index >= 15 is 0 Å². The number of esters is 9. The number of aliphatic hydroxyl groups is 1. The number of anilines is 2. The van der Waals surface area contributed by atoms with E-state index in [1.807, 2.05) is 13.8 Å². The fourth-order valence-electron chi connectivity index (χ4n) is 7.06. The largest absolute Gasteiger partial charge is 0.478 e. The van der Waals surface area contributed by atoms with Gasteiger partial charge in [-0.25, -0.2) is 75.1 Å². The third-order valence-electron chi connectivity index (χ3n) is 12.1. The van der Waals surface area contributed by atoms with Crippen LogP contribution in [0.1, 0.15) is 129 Å². The van der Waals surface area contributed by atoms with Gasteiger partial charge < -0.3 is 73.0 Å². The number of carbonyl (C=O) groups is 10. The molecule has 31 nitrogen and oxygen atoms in total. The summed E-state index contributed by atoms with van der Waals surface area (Å²) in [6, 6.07) is 21.5. The van der Waals surface area contributed by atoms with Gasteiger partial charge in [0.2, 0.25) is 20.0 Å². The van der Waals surface area contributed by atoms with Crippen molar-refractivity contribution in [3.63, 3.8) is 0 Å². The third-order valence-corrected chi connectivity index (χ3v) is 13.9. The smallest absolute Gasteiger partial charge is 0.348 e. The molecule has 0 aliphatic rings. The van der Waals surface area contributed by atoms with E-state index in [4.69, 9.17) is 58.0 Å². The van der Waals surface area contributed by atoms with E-state index in [0.717, 1.165) is 38.3 Å². The monoisotopic (exact) mass is 1380 g/mol. The summed E-state index contributed by atoms with van der Waals surface area (Å²) in [4.78, 5) is 118. The van der Waals surface area contributed by atoms with Crippen molar-refractivity contribution in [1.82, 2.24) is 0 Å². The number of aliphatic hydroxyl groups excluding tert-OH is 1. The molecule has 0 aliphatic heterocycles. The Balaban J connectivity index is 0.000000537. The van der Waals surface area contributed by atoms with Crippen LogP contribution in [-0.2, 0) is 101 Å². The summed E-state index contributed by atoms with van der Waals surface area (Å²) < 4.78 is 104. The van der Waals surface area contributed by atoms with Crippen LogP contribution in [0.15, 0.2) is 94.7 Å². The fraction of sp³-hybridized carbons (Fsp3) is 0.452. The lowest BCUT2D eigenvalue weighted by molar-refractivity contribution is -0.183. The Kier molecular flexibility index (Phi) is 34.3. The Morgan fingerprint density at radius 1 is 0.432 bits per heavy atom. The molecule has 95 heavy (non-hydrogen) atoms. The molecule has 4 aromatic carbocycles. The molecule has 0 radical (unpaired) electrons. The number of sulfonamides is 2. The predicted octanol–water partition coefficient (Wildman–Crippen LogP) is 6.00. The van der Waals surface area contributed by atoms with Crippen molar-refractivity contribution < 1.29 is 127 Å². The highest BCUT2D eigenvalue weighted by molar-refractivity contribution is 7.89. The second-order valence-corrected chi connectivity index (χ2v) is 23.3. The quantitative estimate of drug-likeness (QED) is 0.0181. The Morgan fingerprint density at radius 3 is 1.02 bits per heavy atom. The second kappa shape index (κ2) is 40.0. The lowest BCUT2D eigenvalue weighted by Gasteiger charge is -2.20. The number of carbonyl (C=O) groups excluding carboxylic acids is 9. The molecule has 0 unspecified atom stereocenters. The zero-order valence-corrected chi connectivity index (χ0v) is 56.1. The number of unbranched alkanes of at least 4 members (excludes halogenated alkanes) is 2. The molecule has 524 valence electrons. The predicted molar refractivity (Wildman–Crippen MR) is 336 cm³/mol. The number of aromatic carboxylic acids is 1. The van der Waals surface area contributed by atoms with Gasteiger partial charge in [0, 0.05) is 13.1 Å². The number of benzene rings is 4. The summed E-state index contributed by atoms with van der Waals surface area (Å²) in [6.07, 6.45) is -7.71. The van der Waals surface area contributed by atoms with Gasteiger partial charge in [-0.15, -0.1) is 0 Å². The van der Waals surface area contributed by atoms with Crippen molar-refractivity contribution in [3.05, 3.63) is 96.1 Å². The minimum atomic E-state index is -4.43. The maximum Gasteiger partial charge on any atom is 0.348 e. The number of nitrogens with one attached hydrogen (secondary N) is 2. The van der Waals surface area contributed by atoms with Crippen LogP contribution >= 0.6 is 0 Å². The van der Waals surface area contributed by atoms with E-state index in [-0.39, 0.29) is 52.1 Å². The van der Waals surface area contributed by atoms with E-state index in [9.17, 15) is 69.9 Å². The summed E-state index contributed by atoms with van der Waals surface area (Å²) in [5, 5.41) is 35.1. The Morgan fingerprint density at radius 2 is 0.726 bits per heavy atom. The topological polar surface area (TPSA) is 457 Å². The first-order chi connectivity index (χ1) is 44.5. The van der Waals surface area contributed by atoms with Crippen LogP contribution in [0.2, 0.25) is 0 Å². The highest BCUT2D eigenvalue weighted by Gasteiger charge is 2.33. The molecular weight excluding hydrogens is 1300 g/mol. The summed E-state index contributed by atoms with van der Waals surface area (Å²) >= 11 is 0. The highest BCUT2D eigenvalue weighted by atomic mass is 32.2. The standard InChI is InChI=1S/C31H40N2O13S.C17H20N2O5S.C14H22O9/c1-7-9-15-33-24-16-22(17-25(47(32,39)40)26(24)46-23-13-11-10-12-14-23)31(38)45-21(6)30(37)44-20(5)29(36)43-19(4)28(35)42-18(3)27(34)41-8-2;1-2-3-9-19-14-10-12(17(20)21)11-15(25(18,22)23)16(14)24-13-7-5-4-6-8-13;1-6-20-12(17)8(3)22-14(19)10(5)23-13(18)9(4)21-11(16)7(2)15/h10-14,16-21,33H,7-9,15H2,1-6H3,(H2,32,39,40);4-8,10-11,19H,2-3,9H2,1H3,(H,20,21)(H2,18,22,23);7-10,15H,6H2,1-5H3/t18-,19-,20-,21-;;7-,8-,9-,10-/m0.0/s1. The van der Waals surface area contributed by atoms with Crippen molar-refractivity contribution in [1.29, 1.82) is 0 Å². The van der Waals surface area contributed by atoms with E-state index in [1.54, 1.807) is 74.5 Å². The summed E-state index contributed by atoms with van der Waals surface area (Å²) in [6.45, 7) is 18.1. The molecule has 0 saturated heterocycles. The van der Waals surface area contributed by atoms with Crippen LogP contribution in [0.3, 0.4) is 0 Å². The van der Waals surface area contributed by atoms with Gasteiger partial charge >= 0.3 is 59.7 Å². The van der Waals surface area contributed by atoms with Crippen molar-refractivity contribution in [2.75, 3.05) is 36.9 Å². The van der Waals surface area contributed by atoms with Gasteiger partial charge in [-0.1, -0.05) is 63.1 Å². The van der Waals surface area contributed by atoms with Crippen LogP contribution < -0.4 is 30.4 Å². The summed E-state index contributed by atoms with van der Waals surface area (Å²) in [5.41, 5.74) is -0.0636. The van der Waals surface area contributed by atoms with Crippen molar-refractivity contribution >= 4 is 91.1 Å². The number of primary sulfonamides is 2. The molecule has 0 aliphatic carbocycles. The minimum absolute atomic E-state index is 0.0187. The van der Waals surface area contributed by atoms with Crippen LogP contribution in [0, 0.1) is 0 Å². The van der Waals surface area contributed by atoms with E-state index < -0.39 is 133 Å². The Labute approximate surface area is 549 Å². The zero-order chi connectivity index (χ0) is 71.9. The van der Waals surface area contributed by atoms with Gasteiger partial charge in [0.25, 0.3) is 0 Å². The van der Waals surface area contributed by atoms with Crippen LogP contribution in [0.25, 0.3) is 0 Å². The molecular formula is C62H82N4O27S2. The van der Waals surface area contributed by atoms with Gasteiger partial charge in [0.05, 0.1) is 35.7 Å². The average Bonchev–Trinajstić information content (AvgIpc) is 0.799. The van der Waals surface area contributed by atoms with Crippen molar-refractivity contribution in [3.8, 4) is 23.0 Å². The molecule has 0 amide bonds. The molecule has 4 aromatic rings. The molecule has 4 rings (SSSR count). The van der Waals surface area contributed by atoms with E-state index in [0.29, 0.717) is 31.0 Å². The molecule has 0 aromatic heterocycles. The fourth-order valence-corrected chi connectivity index (χ4v) is 8.46. The number of nitrogens with two attached hydrogens (primary N) is 2. The molecule has 33 heteroatoms. The van der Waals surface area contributed by atoms with Crippen LogP contribution in [-0.4, -0.2) is 162 Å². The molecule has 8 atom stereocenters. The van der Waals surface area contributed by atoms with Crippen molar-refractivity contribution in [2.45, 2.75) is 167 Å². The van der Waals surface area contributed by atoms with Crippen LogP contribution in [0.4, 0.5) is 11.4 Å². The van der Waals surface area contributed by atoms with Crippen LogP contribution in [0.5, 0.6) is 23.0 Å². The van der Waals surface area contributed by atoms with E-state index in [1.165, 1.54) is 60.6 Å². The lowest BCUT2D eigenvalue weighted by Crippen LogP contribution is -2.37. The number of carboxylic acids is 1. The van der Waals surface area contributed by atoms with E-state index in [2.05, 4.69) is 20.1 Å². The first-order valence-electron chi connectivity index (χ1n) is 29.5. The maximum absolute atomic E-state index is 13.1. The average molecular weight is 1380 g/mol. The molecule has 0 saturated carbocycles. The molecule has 0 bridgehead atoms. The first kappa shape index (κ1) is 81.7. The number of para-hydroxylation sites is 2. The third kappa shape index (κ3) is 28.4. The number of hydrogen-bond donors (Lipinski definition) is 6. The summed E-state index contributed by atoms with van der Waals surface area (Å²) in [5.74, 6) is -9.56. The maximum atomic E-state index is 13.1. The minimum Gasteiger partial charge on any atom is -0.478 e. The number of rotatable bonds is 33. The Bertz CT molecular complexity index is 3500. The zero-order valence-electron chi connectivity index (χ0n) is 54.4. The molecule has 0 spiro atoms. The summed E-state index contributed by atoms with van der Waals surface area (Å²) in [7, 11) is -8.63. The van der Waals surface area contributed by atoms with Crippen molar-refractivity contribution in [2.24, 2.45) is 10.3 Å². The first-order valence-corrected chi connectivity index (χ1v) is 32.6. The van der Waals surface area contributed by atoms with Gasteiger partial charge in [0.15, 0.2) is 54.2 Å². The molecule has 8 N–H and O–H groups in total. The number of ether oxygens (including phenoxy) is 11. The van der Waals surface area contributed by atoms with Gasteiger partial charge in [-0.2, -0.15) is 0 Å². The second-order valence-electron chi connectivity index (χ2n) is 20.2. The van der Waals surface area contributed by atoms with Gasteiger partial charge in [-0.3, -0.25) is 0 Å². The highest BCUT2D eigenvalue weighted by Crippen LogP contribution is 2.39. The number of hydrogen-bond acceptors (Lipinski definition) is 28. The van der Waals surface area contributed by atoms with Gasteiger partial charge in [-0.05, 0) is 131 Å².